The predicted octanol–water partition coefficient (Wildman–Crippen LogP) is 0.984. The van der Waals surface area contributed by atoms with Gasteiger partial charge in [0.15, 0.2) is 5.03 Å². The number of hydrogen-bond donors (Lipinski definition) is 3. The number of carbonyl (C=O) groups is 1. The highest BCUT2D eigenvalue weighted by Crippen LogP contribution is 2.22. The standard InChI is InChI=1S/C12H14N4O4S/c1-2-16-6-11(14-7-16)21(19,20)15-10-4-3-8(13)5-9(10)12(17)18/h3-7,15H,2,13H2,1H3,(H,17,18). The molecule has 8 nitrogen and oxygen atoms in total. The van der Waals surface area contributed by atoms with Crippen molar-refractivity contribution >= 4 is 27.4 Å². The first kappa shape index (κ1) is 14.9. The maximum Gasteiger partial charge on any atom is 0.337 e. The van der Waals surface area contributed by atoms with Crippen molar-refractivity contribution in [2.45, 2.75) is 18.5 Å². The molecular formula is C12H14N4O4S. The number of anilines is 2. The lowest BCUT2D eigenvalue weighted by atomic mass is 10.1. The molecule has 0 bridgehead atoms. The van der Waals surface area contributed by atoms with Crippen molar-refractivity contribution in [3.05, 3.63) is 36.3 Å². The van der Waals surface area contributed by atoms with Crippen LogP contribution in [0.1, 0.15) is 17.3 Å². The summed E-state index contributed by atoms with van der Waals surface area (Å²) in [6.45, 7) is 2.42. The number of sulfonamides is 1. The van der Waals surface area contributed by atoms with Crippen molar-refractivity contribution in [3.8, 4) is 0 Å². The molecule has 1 heterocycles. The summed E-state index contributed by atoms with van der Waals surface area (Å²) in [5.74, 6) is -1.28. The molecule has 0 atom stereocenters. The number of rotatable bonds is 5. The van der Waals surface area contributed by atoms with Crippen LogP contribution in [-0.4, -0.2) is 29.0 Å². The van der Waals surface area contributed by atoms with E-state index < -0.39 is 16.0 Å². The molecule has 1 aromatic heterocycles. The zero-order valence-corrected chi connectivity index (χ0v) is 12.0. The molecule has 0 unspecified atom stereocenters. The minimum absolute atomic E-state index is 0.0669. The van der Waals surface area contributed by atoms with Crippen molar-refractivity contribution in [1.29, 1.82) is 0 Å². The minimum atomic E-state index is -3.96. The van der Waals surface area contributed by atoms with Gasteiger partial charge >= 0.3 is 5.97 Å². The van der Waals surface area contributed by atoms with Crippen LogP contribution >= 0.6 is 0 Å². The number of carboxylic acid groups (broad SMARTS) is 1. The van der Waals surface area contributed by atoms with Gasteiger partial charge in [0, 0.05) is 18.4 Å². The molecule has 0 saturated heterocycles. The average molecular weight is 310 g/mol. The number of nitrogens with zero attached hydrogens (tertiary/aromatic N) is 2. The normalized spacial score (nSPS) is 11.3. The molecule has 0 radical (unpaired) electrons. The molecule has 112 valence electrons. The maximum absolute atomic E-state index is 12.2. The Morgan fingerprint density at radius 2 is 2.19 bits per heavy atom. The summed E-state index contributed by atoms with van der Waals surface area (Å²) in [6, 6.07) is 3.90. The van der Waals surface area contributed by atoms with Crippen LogP contribution in [-0.2, 0) is 16.6 Å². The Bertz CT molecular complexity index is 782. The van der Waals surface area contributed by atoms with Crippen LogP contribution in [0.4, 0.5) is 11.4 Å². The largest absolute Gasteiger partial charge is 0.478 e. The quantitative estimate of drug-likeness (QED) is 0.706. The first-order valence-corrected chi connectivity index (χ1v) is 7.49. The summed E-state index contributed by atoms with van der Waals surface area (Å²) >= 11 is 0. The maximum atomic E-state index is 12.2. The van der Waals surface area contributed by atoms with Gasteiger partial charge in [-0.15, -0.1) is 0 Å². The first-order valence-electron chi connectivity index (χ1n) is 6.01. The lowest BCUT2D eigenvalue weighted by molar-refractivity contribution is 0.0698. The lowest BCUT2D eigenvalue weighted by Crippen LogP contribution is -2.16. The number of aryl methyl sites for hydroxylation is 1. The van der Waals surface area contributed by atoms with Crippen LogP contribution in [0.5, 0.6) is 0 Å². The number of imidazole rings is 1. The van der Waals surface area contributed by atoms with Crippen molar-refractivity contribution in [2.75, 3.05) is 10.5 Å². The highest BCUT2D eigenvalue weighted by molar-refractivity contribution is 7.92. The molecule has 0 aliphatic carbocycles. The number of aromatic carboxylic acids is 1. The second-order valence-corrected chi connectivity index (χ2v) is 5.89. The SMILES string of the molecule is CCn1cnc(S(=O)(=O)Nc2ccc(N)cc2C(=O)O)c1. The van der Waals surface area contributed by atoms with Gasteiger partial charge in [0.05, 0.1) is 17.6 Å². The van der Waals surface area contributed by atoms with Crippen LogP contribution < -0.4 is 10.5 Å². The van der Waals surface area contributed by atoms with Crippen LogP contribution in [0, 0.1) is 0 Å². The summed E-state index contributed by atoms with van der Waals surface area (Å²) in [5, 5.41) is 8.91. The predicted molar refractivity (Wildman–Crippen MR) is 76.5 cm³/mol. The highest BCUT2D eigenvalue weighted by Gasteiger charge is 2.20. The van der Waals surface area contributed by atoms with Crippen LogP contribution in [0.15, 0.2) is 35.7 Å². The summed E-state index contributed by atoms with van der Waals surface area (Å²) < 4.78 is 28.2. The second kappa shape index (κ2) is 5.44. The summed E-state index contributed by atoms with van der Waals surface area (Å²) in [6.07, 6.45) is 2.75. The van der Waals surface area contributed by atoms with Gasteiger partial charge in [-0.25, -0.2) is 9.78 Å². The van der Waals surface area contributed by atoms with Crippen LogP contribution in [0.2, 0.25) is 0 Å². The monoisotopic (exact) mass is 310 g/mol. The molecule has 1 aromatic carbocycles. The molecule has 0 aliphatic heterocycles. The third kappa shape index (κ3) is 3.14. The van der Waals surface area contributed by atoms with E-state index in [1.54, 1.807) is 4.57 Å². The van der Waals surface area contributed by atoms with E-state index in [2.05, 4.69) is 9.71 Å². The Kier molecular flexibility index (Phi) is 3.85. The van der Waals surface area contributed by atoms with E-state index in [-0.39, 0.29) is 22.0 Å². The first-order chi connectivity index (χ1) is 9.83. The smallest absolute Gasteiger partial charge is 0.337 e. The summed E-state index contributed by atoms with van der Waals surface area (Å²) in [7, 11) is -3.96. The molecule has 0 saturated carbocycles. The molecule has 0 fully saturated rings. The van der Waals surface area contributed by atoms with E-state index in [0.717, 1.165) is 0 Å². The molecule has 2 aromatic rings. The molecule has 2 rings (SSSR count). The fraction of sp³-hybridized carbons (Fsp3) is 0.167. The van der Waals surface area contributed by atoms with Gasteiger partial charge in [0.2, 0.25) is 0 Å². The number of aromatic nitrogens is 2. The van der Waals surface area contributed by atoms with Crippen molar-refractivity contribution in [1.82, 2.24) is 9.55 Å². The number of benzene rings is 1. The Morgan fingerprint density at radius 1 is 1.48 bits per heavy atom. The van der Waals surface area contributed by atoms with Gasteiger partial charge in [-0.05, 0) is 25.1 Å². The zero-order chi connectivity index (χ0) is 15.6. The number of hydrogen-bond acceptors (Lipinski definition) is 5. The molecule has 0 amide bonds. The third-order valence-electron chi connectivity index (χ3n) is 2.77. The van der Waals surface area contributed by atoms with Gasteiger partial charge in [-0.3, -0.25) is 4.72 Å². The molecule has 4 N–H and O–H groups in total. The Balaban J connectivity index is 2.39. The van der Waals surface area contributed by atoms with Crippen molar-refractivity contribution in [2.24, 2.45) is 0 Å². The van der Waals surface area contributed by atoms with Crippen molar-refractivity contribution < 1.29 is 18.3 Å². The van der Waals surface area contributed by atoms with Gasteiger partial charge in [0.1, 0.15) is 0 Å². The Labute approximate surface area is 121 Å². The number of nitrogens with two attached hydrogens (primary N) is 1. The summed E-state index contributed by atoms with van der Waals surface area (Å²) in [5.41, 5.74) is 5.44. The zero-order valence-electron chi connectivity index (χ0n) is 11.1. The average Bonchev–Trinajstić information content (AvgIpc) is 2.90. The molecule has 9 heteroatoms. The van der Waals surface area contributed by atoms with E-state index in [0.29, 0.717) is 6.54 Å². The van der Waals surface area contributed by atoms with E-state index in [4.69, 9.17) is 10.8 Å². The fourth-order valence-corrected chi connectivity index (χ4v) is 2.71. The summed E-state index contributed by atoms with van der Waals surface area (Å²) in [4.78, 5) is 14.9. The number of carboxylic acids is 1. The van der Waals surface area contributed by atoms with Crippen LogP contribution in [0.25, 0.3) is 0 Å². The highest BCUT2D eigenvalue weighted by atomic mass is 32.2. The van der Waals surface area contributed by atoms with E-state index in [1.165, 1.54) is 30.7 Å². The van der Waals surface area contributed by atoms with Gasteiger partial charge in [-0.1, -0.05) is 0 Å². The van der Waals surface area contributed by atoms with Gasteiger partial charge < -0.3 is 15.4 Å². The second-order valence-electron chi connectivity index (χ2n) is 4.26. The van der Waals surface area contributed by atoms with E-state index in [9.17, 15) is 13.2 Å². The minimum Gasteiger partial charge on any atom is -0.478 e. The topological polar surface area (TPSA) is 127 Å². The van der Waals surface area contributed by atoms with E-state index in [1.807, 2.05) is 6.92 Å². The Hall–Kier alpha value is -2.55. The van der Waals surface area contributed by atoms with E-state index >= 15 is 0 Å². The van der Waals surface area contributed by atoms with Gasteiger partial charge in [-0.2, -0.15) is 8.42 Å². The van der Waals surface area contributed by atoms with Crippen molar-refractivity contribution in [3.63, 3.8) is 0 Å². The number of nitrogens with one attached hydrogen (secondary N) is 1. The molecule has 0 aliphatic rings. The number of nitrogen functional groups attached to an aromatic ring is 1. The molecule has 0 spiro atoms. The lowest BCUT2D eigenvalue weighted by Gasteiger charge is -2.09. The molecule has 21 heavy (non-hydrogen) atoms. The van der Waals surface area contributed by atoms with Gasteiger partial charge in [0.25, 0.3) is 10.0 Å². The molecular weight excluding hydrogens is 296 g/mol. The fourth-order valence-electron chi connectivity index (χ4n) is 1.68. The Morgan fingerprint density at radius 3 is 2.76 bits per heavy atom. The van der Waals surface area contributed by atoms with Crippen LogP contribution in [0.3, 0.4) is 0 Å². The third-order valence-corrected chi connectivity index (χ3v) is 4.02.